The van der Waals surface area contributed by atoms with Crippen LogP contribution in [-0.2, 0) is 10.0 Å². The first-order valence-corrected chi connectivity index (χ1v) is 9.43. The number of rotatable bonds is 8. The van der Waals surface area contributed by atoms with E-state index in [1.807, 2.05) is 0 Å². The minimum absolute atomic E-state index is 0.230. The highest BCUT2D eigenvalue weighted by Gasteiger charge is 2.15. The maximum absolute atomic E-state index is 12.0. The average molecular weight is 317 g/mol. The molecule has 1 rings (SSSR count). The van der Waals surface area contributed by atoms with Gasteiger partial charge in [-0.05, 0) is 43.6 Å². The molecule has 0 aromatic heterocycles. The molecule has 0 fully saturated rings. The molecule has 4 N–H and O–H groups in total. The first-order valence-electron chi connectivity index (χ1n) is 6.55. The number of nitrogens with one attached hydrogen (secondary N) is 2. The van der Waals surface area contributed by atoms with Gasteiger partial charge in [-0.3, -0.25) is 0 Å². The Morgan fingerprint density at radius 3 is 2.70 bits per heavy atom. The number of hydrogen-bond acceptors (Lipinski definition) is 5. The van der Waals surface area contributed by atoms with E-state index >= 15 is 0 Å². The summed E-state index contributed by atoms with van der Waals surface area (Å²) in [5, 5.41) is 3.27. The fraction of sp³-hybridized carbons (Fsp3) is 0.538. The van der Waals surface area contributed by atoms with Crippen LogP contribution >= 0.6 is 11.8 Å². The Kier molecular flexibility index (Phi) is 6.64. The lowest BCUT2D eigenvalue weighted by Gasteiger charge is -2.17. The zero-order valence-corrected chi connectivity index (χ0v) is 13.8. The number of nitrogens with two attached hydrogens (primary N) is 1. The van der Waals surface area contributed by atoms with E-state index in [1.165, 1.54) is 6.07 Å². The van der Waals surface area contributed by atoms with Gasteiger partial charge in [-0.2, -0.15) is 11.8 Å². The fourth-order valence-corrected chi connectivity index (χ4v) is 3.39. The standard InChI is InChI=1S/C13H23N3O2S2/c1-4-15-20(17,18)11-5-6-12(14)13(9-11)16-10(2)7-8-19-3/h5-6,9-10,15-16H,4,7-8,14H2,1-3H3. The Bertz CT molecular complexity index is 532. The van der Waals surface area contributed by atoms with Gasteiger partial charge in [-0.25, -0.2) is 13.1 Å². The molecular formula is C13H23N3O2S2. The number of nitrogen functional groups attached to an aromatic ring is 1. The molecular weight excluding hydrogens is 294 g/mol. The second-order valence-corrected chi connectivity index (χ2v) is 7.33. The lowest BCUT2D eigenvalue weighted by molar-refractivity contribution is 0.584. The molecule has 0 saturated carbocycles. The molecule has 1 aromatic rings. The van der Waals surface area contributed by atoms with E-state index < -0.39 is 10.0 Å². The summed E-state index contributed by atoms with van der Waals surface area (Å²) in [6.07, 6.45) is 3.05. The molecule has 0 amide bonds. The maximum atomic E-state index is 12.0. The van der Waals surface area contributed by atoms with Gasteiger partial charge in [-0.15, -0.1) is 0 Å². The Balaban J connectivity index is 2.92. The van der Waals surface area contributed by atoms with Crippen LogP contribution in [0.2, 0.25) is 0 Å². The highest BCUT2D eigenvalue weighted by Crippen LogP contribution is 2.24. The quantitative estimate of drug-likeness (QED) is 0.640. The maximum Gasteiger partial charge on any atom is 0.240 e. The van der Waals surface area contributed by atoms with Crippen molar-refractivity contribution in [2.75, 3.05) is 29.6 Å². The summed E-state index contributed by atoms with van der Waals surface area (Å²) in [7, 11) is -3.45. The Labute approximate surface area is 125 Å². The van der Waals surface area contributed by atoms with Gasteiger partial charge in [0.2, 0.25) is 10.0 Å². The molecule has 114 valence electrons. The molecule has 0 aliphatic rings. The number of benzene rings is 1. The lowest BCUT2D eigenvalue weighted by Crippen LogP contribution is -2.23. The molecule has 0 spiro atoms. The molecule has 1 atom stereocenters. The van der Waals surface area contributed by atoms with Crippen molar-refractivity contribution in [1.29, 1.82) is 0 Å². The summed E-state index contributed by atoms with van der Waals surface area (Å²) in [6, 6.07) is 4.96. The second kappa shape index (κ2) is 7.75. The van der Waals surface area contributed by atoms with Crippen molar-refractivity contribution < 1.29 is 8.42 Å². The van der Waals surface area contributed by atoms with Crippen molar-refractivity contribution >= 4 is 33.2 Å². The summed E-state index contributed by atoms with van der Waals surface area (Å²) in [5.41, 5.74) is 7.12. The van der Waals surface area contributed by atoms with Gasteiger partial charge >= 0.3 is 0 Å². The third-order valence-electron chi connectivity index (χ3n) is 2.83. The normalized spacial score (nSPS) is 13.2. The monoisotopic (exact) mass is 317 g/mol. The third kappa shape index (κ3) is 4.88. The van der Waals surface area contributed by atoms with E-state index in [0.717, 1.165) is 12.2 Å². The zero-order chi connectivity index (χ0) is 15.2. The van der Waals surface area contributed by atoms with E-state index in [1.54, 1.807) is 30.8 Å². The van der Waals surface area contributed by atoms with Gasteiger partial charge in [0.25, 0.3) is 0 Å². The number of thioether (sulfide) groups is 1. The molecule has 0 radical (unpaired) electrons. The van der Waals surface area contributed by atoms with Crippen LogP contribution in [0.1, 0.15) is 20.3 Å². The zero-order valence-electron chi connectivity index (χ0n) is 12.1. The van der Waals surface area contributed by atoms with Crippen LogP contribution in [0.5, 0.6) is 0 Å². The molecule has 0 heterocycles. The smallest absolute Gasteiger partial charge is 0.240 e. The van der Waals surface area contributed by atoms with Gasteiger partial charge in [0.1, 0.15) is 0 Å². The highest BCUT2D eigenvalue weighted by molar-refractivity contribution is 7.98. The summed E-state index contributed by atoms with van der Waals surface area (Å²) in [6.45, 7) is 4.17. The lowest BCUT2D eigenvalue weighted by atomic mass is 10.2. The van der Waals surface area contributed by atoms with E-state index in [4.69, 9.17) is 5.73 Å². The van der Waals surface area contributed by atoms with Crippen molar-refractivity contribution in [1.82, 2.24) is 4.72 Å². The first-order chi connectivity index (χ1) is 9.40. The van der Waals surface area contributed by atoms with Crippen LogP contribution in [0.15, 0.2) is 23.1 Å². The predicted molar refractivity (Wildman–Crippen MR) is 87.8 cm³/mol. The molecule has 5 nitrogen and oxygen atoms in total. The van der Waals surface area contributed by atoms with E-state index in [-0.39, 0.29) is 10.9 Å². The van der Waals surface area contributed by atoms with E-state index in [9.17, 15) is 8.42 Å². The summed E-state index contributed by atoms with van der Waals surface area (Å²) in [4.78, 5) is 0.230. The number of sulfonamides is 1. The van der Waals surface area contributed by atoms with Crippen LogP contribution in [-0.4, -0.2) is 33.0 Å². The van der Waals surface area contributed by atoms with Crippen molar-refractivity contribution in [3.05, 3.63) is 18.2 Å². The summed E-state index contributed by atoms with van der Waals surface area (Å²) < 4.78 is 26.4. The van der Waals surface area contributed by atoms with Crippen molar-refractivity contribution in [2.45, 2.75) is 31.2 Å². The number of anilines is 2. The third-order valence-corrected chi connectivity index (χ3v) is 5.01. The van der Waals surface area contributed by atoms with Gasteiger partial charge in [0.15, 0.2) is 0 Å². The largest absolute Gasteiger partial charge is 0.397 e. The van der Waals surface area contributed by atoms with Crippen LogP contribution in [0, 0.1) is 0 Å². The molecule has 0 bridgehead atoms. The molecule has 0 saturated heterocycles. The molecule has 0 aliphatic heterocycles. The van der Waals surface area contributed by atoms with Crippen LogP contribution in [0.4, 0.5) is 11.4 Å². The molecule has 20 heavy (non-hydrogen) atoms. The SMILES string of the molecule is CCNS(=O)(=O)c1ccc(N)c(NC(C)CCSC)c1. The van der Waals surface area contributed by atoms with Gasteiger partial charge < -0.3 is 11.1 Å². The van der Waals surface area contributed by atoms with Crippen LogP contribution < -0.4 is 15.8 Å². The van der Waals surface area contributed by atoms with Gasteiger partial charge in [-0.1, -0.05) is 6.92 Å². The number of hydrogen-bond donors (Lipinski definition) is 3. The Morgan fingerprint density at radius 2 is 2.10 bits per heavy atom. The molecule has 1 unspecified atom stereocenters. The van der Waals surface area contributed by atoms with Gasteiger partial charge in [0, 0.05) is 12.6 Å². The first kappa shape index (κ1) is 17.1. The Morgan fingerprint density at radius 1 is 1.40 bits per heavy atom. The minimum Gasteiger partial charge on any atom is -0.397 e. The van der Waals surface area contributed by atoms with Crippen molar-refractivity contribution in [3.63, 3.8) is 0 Å². The fourth-order valence-electron chi connectivity index (χ4n) is 1.73. The second-order valence-electron chi connectivity index (χ2n) is 4.58. The molecule has 7 heteroatoms. The van der Waals surface area contributed by atoms with Crippen LogP contribution in [0.25, 0.3) is 0 Å². The van der Waals surface area contributed by atoms with Crippen molar-refractivity contribution in [2.24, 2.45) is 0 Å². The highest BCUT2D eigenvalue weighted by atomic mass is 32.2. The minimum atomic E-state index is -3.45. The average Bonchev–Trinajstić information content (AvgIpc) is 2.38. The Hall–Kier alpha value is -0.920. The van der Waals surface area contributed by atoms with Crippen molar-refractivity contribution in [3.8, 4) is 0 Å². The molecule has 1 aromatic carbocycles. The molecule has 0 aliphatic carbocycles. The van der Waals surface area contributed by atoms with Crippen LogP contribution in [0.3, 0.4) is 0 Å². The van der Waals surface area contributed by atoms with E-state index in [0.29, 0.717) is 17.9 Å². The van der Waals surface area contributed by atoms with Gasteiger partial charge in [0.05, 0.1) is 16.3 Å². The van der Waals surface area contributed by atoms with E-state index in [2.05, 4.69) is 23.2 Å². The summed E-state index contributed by atoms with van der Waals surface area (Å²) in [5.74, 6) is 1.05. The predicted octanol–water partition coefficient (Wildman–Crippen LogP) is 2.12. The summed E-state index contributed by atoms with van der Waals surface area (Å²) >= 11 is 1.78. The topological polar surface area (TPSA) is 84.2 Å².